The molecule has 0 bridgehead atoms. The van der Waals surface area contributed by atoms with E-state index >= 15 is 0 Å². The number of rotatable bonds is 4. The van der Waals surface area contributed by atoms with E-state index in [1.165, 1.54) is 19.1 Å². The summed E-state index contributed by atoms with van der Waals surface area (Å²) in [5, 5.41) is 11.7. The van der Waals surface area contributed by atoms with Gasteiger partial charge in [-0.15, -0.1) is 0 Å². The lowest BCUT2D eigenvalue weighted by atomic mass is 10.1. The Bertz CT molecular complexity index is 683. The van der Waals surface area contributed by atoms with Crippen molar-refractivity contribution in [3.8, 4) is 0 Å². The van der Waals surface area contributed by atoms with E-state index < -0.39 is 11.8 Å². The summed E-state index contributed by atoms with van der Waals surface area (Å²) in [5.41, 5.74) is 1.03. The molecule has 0 radical (unpaired) electrons. The quantitative estimate of drug-likeness (QED) is 0.837. The first-order valence-electron chi connectivity index (χ1n) is 5.88. The molecule has 102 valence electrons. The first-order chi connectivity index (χ1) is 9.47. The first-order valence-corrected chi connectivity index (χ1v) is 5.88. The third-order valence-electron chi connectivity index (χ3n) is 2.76. The molecule has 0 aliphatic carbocycles. The molecule has 0 saturated carbocycles. The number of carboxylic acids is 1. The number of nitrogens with one attached hydrogen (secondary N) is 1. The molecule has 0 atom stereocenters. The number of halogens is 1. The summed E-state index contributed by atoms with van der Waals surface area (Å²) < 4.78 is 13.7. The molecule has 4 nitrogen and oxygen atoms in total. The predicted octanol–water partition coefficient (Wildman–Crippen LogP) is 3.47. The van der Waals surface area contributed by atoms with Crippen LogP contribution in [0.4, 0.5) is 15.8 Å². The molecule has 2 aromatic carbocycles. The standard InChI is InChI=1S/C15H12FNO3/c1-9(18)10-3-2-4-12(7-10)17-14-8-11(15(19)20)5-6-13(14)16/h2-8,17H,1H3,(H,19,20). The van der Waals surface area contributed by atoms with E-state index in [4.69, 9.17) is 5.11 Å². The number of hydrogen-bond acceptors (Lipinski definition) is 3. The van der Waals surface area contributed by atoms with Gasteiger partial charge in [0.05, 0.1) is 11.3 Å². The van der Waals surface area contributed by atoms with E-state index in [-0.39, 0.29) is 17.0 Å². The zero-order chi connectivity index (χ0) is 14.7. The van der Waals surface area contributed by atoms with Gasteiger partial charge in [0.2, 0.25) is 0 Å². The van der Waals surface area contributed by atoms with Gasteiger partial charge < -0.3 is 10.4 Å². The fraction of sp³-hybridized carbons (Fsp3) is 0.0667. The van der Waals surface area contributed by atoms with Crippen LogP contribution >= 0.6 is 0 Å². The topological polar surface area (TPSA) is 66.4 Å². The Kier molecular flexibility index (Phi) is 3.79. The normalized spacial score (nSPS) is 10.1. The van der Waals surface area contributed by atoms with Gasteiger partial charge in [-0.1, -0.05) is 12.1 Å². The fourth-order valence-electron chi connectivity index (χ4n) is 1.73. The van der Waals surface area contributed by atoms with Gasteiger partial charge in [0.25, 0.3) is 0 Å². The lowest BCUT2D eigenvalue weighted by molar-refractivity contribution is 0.0696. The van der Waals surface area contributed by atoms with Crippen LogP contribution in [0.2, 0.25) is 0 Å². The van der Waals surface area contributed by atoms with Crippen LogP contribution in [-0.4, -0.2) is 16.9 Å². The Morgan fingerprint density at radius 3 is 2.50 bits per heavy atom. The number of hydrogen-bond donors (Lipinski definition) is 2. The van der Waals surface area contributed by atoms with Gasteiger partial charge in [0, 0.05) is 11.3 Å². The Labute approximate surface area is 114 Å². The van der Waals surface area contributed by atoms with Crippen LogP contribution in [-0.2, 0) is 0 Å². The third kappa shape index (κ3) is 3.00. The van der Waals surface area contributed by atoms with E-state index in [1.54, 1.807) is 24.3 Å². The molecule has 0 aromatic heterocycles. The Balaban J connectivity index is 2.34. The van der Waals surface area contributed by atoms with E-state index in [0.29, 0.717) is 11.3 Å². The van der Waals surface area contributed by atoms with Gasteiger partial charge in [-0.3, -0.25) is 4.79 Å². The van der Waals surface area contributed by atoms with Crippen LogP contribution in [0.5, 0.6) is 0 Å². The number of benzene rings is 2. The molecule has 0 fully saturated rings. The molecule has 0 aliphatic rings. The minimum atomic E-state index is -1.13. The summed E-state index contributed by atoms with van der Waals surface area (Å²) in [6.45, 7) is 1.44. The number of carbonyl (C=O) groups excluding carboxylic acids is 1. The molecular formula is C15H12FNO3. The lowest BCUT2D eigenvalue weighted by Crippen LogP contribution is -2.01. The van der Waals surface area contributed by atoms with Crippen molar-refractivity contribution in [2.75, 3.05) is 5.32 Å². The smallest absolute Gasteiger partial charge is 0.335 e. The molecule has 0 spiro atoms. The van der Waals surface area contributed by atoms with E-state index in [0.717, 1.165) is 6.07 Å². The average Bonchev–Trinajstić information content (AvgIpc) is 2.41. The molecule has 2 aromatic rings. The van der Waals surface area contributed by atoms with Crippen molar-refractivity contribution >= 4 is 23.1 Å². The van der Waals surface area contributed by atoms with Crippen molar-refractivity contribution in [2.24, 2.45) is 0 Å². The number of ketones is 1. The van der Waals surface area contributed by atoms with Gasteiger partial charge in [-0.25, -0.2) is 9.18 Å². The Hall–Kier alpha value is -2.69. The summed E-state index contributed by atoms with van der Waals surface area (Å²) in [6, 6.07) is 10.0. The Morgan fingerprint density at radius 1 is 1.10 bits per heavy atom. The third-order valence-corrected chi connectivity index (χ3v) is 2.76. The molecule has 0 aliphatic heterocycles. The monoisotopic (exact) mass is 273 g/mol. The summed E-state index contributed by atoms with van der Waals surface area (Å²) in [7, 11) is 0. The highest BCUT2D eigenvalue weighted by Gasteiger charge is 2.09. The minimum absolute atomic E-state index is 0.0170. The summed E-state index contributed by atoms with van der Waals surface area (Å²) in [5.74, 6) is -1.80. The maximum absolute atomic E-state index is 13.7. The second kappa shape index (κ2) is 5.52. The molecule has 0 heterocycles. The van der Waals surface area contributed by atoms with Gasteiger partial charge in [-0.05, 0) is 37.3 Å². The van der Waals surface area contributed by atoms with Crippen LogP contribution in [0.25, 0.3) is 0 Å². The highest BCUT2D eigenvalue weighted by Crippen LogP contribution is 2.22. The molecule has 2 N–H and O–H groups in total. The number of carbonyl (C=O) groups is 2. The van der Waals surface area contributed by atoms with Crippen molar-refractivity contribution in [3.63, 3.8) is 0 Å². The Morgan fingerprint density at radius 2 is 1.85 bits per heavy atom. The second-order valence-corrected chi connectivity index (χ2v) is 4.26. The summed E-state index contributed by atoms with van der Waals surface area (Å²) in [4.78, 5) is 22.1. The van der Waals surface area contributed by atoms with Crippen molar-refractivity contribution in [1.29, 1.82) is 0 Å². The first kappa shape index (κ1) is 13.7. The maximum atomic E-state index is 13.7. The minimum Gasteiger partial charge on any atom is -0.478 e. The number of aromatic carboxylic acids is 1. The van der Waals surface area contributed by atoms with Crippen molar-refractivity contribution in [2.45, 2.75) is 6.92 Å². The summed E-state index contributed by atoms with van der Waals surface area (Å²) >= 11 is 0. The highest BCUT2D eigenvalue weighted by molar-refractivity contribution is 5.95. The summed E-state index contributed by atoms with van der Waals surface area (Å²) in [6.07, 6.45) is 0. The zero-order valence-corrected chi connectivity index (χ0v) is 10.7. The SMILES string of the molecule is CC(=O)c1cccc(Nc2cc(C(=O)O)ccc2F)c1. The number of carboxylic acid groups (broad SMARTS) is 1. The van der Waals surface area contributed by atoms with Crippen LogP contribution < -0.4 is 5.32 Å². The largest absolute Gasteiger partial charge is 0.478 e. The lowest BCUT2D eigenvalue weighted by Gasteiger charge is -2.09. The fourth-order valence-corrected chi connectivity index (χ4v) is 1.73. The van der Waals surface area contributed by atoms with Crippen LogP contribution in [0.15, 0.2) is 42.5 Å². The molecule has 5 heteroatoms. The van der Waals surface area contributed by atoms with Crippen molar-refractivity contribution in [1.82, 2.24) is 0 Å². The van der Waals surface area contributed by atoms with Gasteiger partial charge in [0.15, 0.2) is 5.78 Å². The van der Waals surface area contributed by atoms with E-state index in [1.807, 2.05) is 0 Å². The highest BCUT2D eigenvalue weighted by atomic mass is 19.1. The second-order valence-electron chi connectivity index (χ2n) is 4.26. The van der Waals surface area contributed by atoms with E-state index in [9.17, 15) is 14.0 Å². The van der Waals surface area contributed by atoms with Crippen LogP contribution in [0.3, 0.4) is 0 Å². The predicted molar refractivity (Wildman–Crippen MR) is 73.1 cm³/mol. The van der Waals surface area contributed by atoms with Gasteiger partial charge in [-0.2, -0.15) is 0 Å². The molecular weight excluding hydrogens is 261 g/mol. The molecule has 20 heavy (non-hydrogen) atoms. The van der Waals surface area contributed by atoms with Gasteiger partial charge in [0.1, 0.15) is 5.82 Å². The number of Topliss-reactive ketones (excluding diaryl/α,β-unsaturated/α-hetero) is 1. The van der Waals surface area contributed by atoms with Gasteiger partial charge >= 0.3 is 5.97 Å². The van der Waals surface area contributed by atoms with E-state index in [2.05, 4.69) is 5.32 Å². The molecule has 0 amide bonds. The van der Waals surface area contributed by atoms with Crippen LogP contribution in [0, 0.1) is 5.82 Å². The number of anilines is 2. The maximum Gasteiger partial charge on any atom is 0.335 e. The van der Waals surface area contributed by atoms with Crippen molar-refractivity contribution < 1.29 is 19.1 Å². The molecule has 0 saturated heterocycles. The van der Waals surface area contributed by atoms with Crippen molar-refractivity contribution in [3.05, 3.63) is 59.4 Å². The molecule has 2 rings (SSSR count). The molecule has 0 unspecified atom stereocenters. The van der Waals surface area contributed by atoms with Crippen LogP contribution in [0.1, 0.15) is 27.6 Å². The average molecular weight is 273 g/mol. The zero-order valence-electron chi connectivity index (χ0n) is 10.7.